The van der Waals surface area contributed by atoms with E-state index in [2.05, 4.69) is 20.6 Å². The van der Waals surface area contributed by atoms with E-state index in [1.54, 1.807) is 25.3 Å². The number of nitrogen functional groups attached to an aromatic ring is 1. The van der Waals surface area contributed by atoms with E-state index < -0.39 is 0 Å². The number of aromatic nitrogens is 4. The summed E-state index contributed by atoms with van der Waals surface area (Å²) in [6.45, 7) is 0.472. The molecule has 8 nitrogen and oxygen atoms in total. The molecule has 0 radical (unpaired) electrons. The van der Waals surface area contributed by atoms with Crippen molar-refractivity contribution in [1.82, 2.24) is 19.8 Å². The number of fused-ring (bicyclic) bond motifs is 1. The lowest BCUT2D eigenvalue weighted by Crippen LogP contribution is -2.14. The predicted molar refractivity (Wildman–Crippen MR) is 78.3 cm³/mol. The maximum absolute atomic E-state index is 11.5. The molecule has 0 fully saturated rings. The minimum atomic E-state index is -0.379. The number of benzene rings is 1. The second-order valence-electron chi connectivity index (χ2n) is 4.44. The van der Waals surface area contributed by atoms with Crippen LogP contribution in [0.15, 0.2) is 35.1 Å². The number of hydrogen-bond acceptors (Lipinski definition) is 6. The van der Waals surface area contributed by atoms with Gasteiger partial charge in [0.2, 0.25) is 0 Å². The number of rotatable bonds is 4. The molecule has 3 aromatic rings. The summed E-state index contributed by atoms with van der Waals surface area (Å²) in [5.41, 5.74) is 7.42. The Morgan fingerprint density at radius 2 is 2.24 bits per heavy atom. The van der Waals surface area contributed by atoms with Gasteiger partial charge in [0, 0.05) is 17.8 Å². The van der Waals surface area contributed by atoms with Gasteiger partial charge in [-0.25, -0.2) is 9.89 Å². The number of ether oxygens (including phenoxy) is 1. The molecule has 2 aromatic heterocycles. The number of H-pyrrole nitrogens is 1. The standard InChI is InChI=1S/C13H14N6O2/c1-21-10-3-2-9(14)6-8(10)7-15-11-4-5-12-16-17-13(20)19(12)18-11/h2-6H,7,14H2,1H3,(H,15,18)(H,17,20). The highest BCUT2D eigenvalue weighted by atomic mass is 16.5. The molecule has 0 atom stereocenters. The molecule has 0 saturated heterocycles. The van der Waals surface area contributed by atoms with Crippen LogP contribution in [0.25, 0.3) is 5.65 Å². The molecule has 2 heterocycles. The second-order valence-corrected chi connectivity index (χ2v) is 4.44. The first-order chi connectivity index (χ1) is 10.2. The maximum Gasteiger partial charge on any atom is 0.364 e. The van der Waals surface area contributed by atoms with Crippen molar-refractivity contribution in [3.8, 4) is 5.75 Å². The van der Waals surface area contributed by atoms with Crippen LogP contribution < -0.4 is 21.5 Å². The predicted octanol–water partition coefficient (Wildman–Crippen LogP) is 0.620. The SMILES string of the molecule is COc1ccc(N)cc1CNc1ccc2n[nH]c(=O)n2n1. The Bertz CT molecular complexity index is 838. The number of hydrogen-bond donors (Lipinski definition) is 3. The average molecular weight is 286 g/mol. The molecule has 0 amide bonds. The molecule has 3 rings (SSSR count). The fourth-order valence-electron chi connectivity index (χ4n) is 2.02. The molecule has 0 unspecified atom stereocenters. The van der Waals surface area contributed by atoms with Gasteiger partial charge in [-0.2, -0.15) is 9.61 Å². The van der Waals surface area contributed by atoms with Gasteiger partial charge in [-0.1, -0.05) is 0 Å². The van der Waals surface area contributed by atoms with Crippen molar-refractivity contribution >= 4 is 17.2 Å². The Kier molecular flexibility index (Phi) is 3.19. The molecular weight excluding hydrogens is 272 g/mol. The van der Waals surface area contributed by atoms with Gasteiger partial charge < -0.3 is 15.8 Å². The number of nitrogens with one attached hydrogen (secondary N) is 2. The second kappa shape index (κ2) is 5.16. The Labute approximate surface area is 119 Å². The number of nitrogens with two attached hydrogens (primary N) is 1. The third kappa shape index (κ3) is 2.50. The van der Waals surface area contributed by atoms with E-state index in [-0.39, 0.29) is 5.69 Å². The van der Waals surface area contributed by atoms with Crippen LogP contribution in [-0.4, -0.2) is 26.9 Å². The minimum Gasteiger partial charge on any atom is -0.496 e. The Balaban J connectivity index is 1.84. The molecule has 8 heteroatoms. The molecule has 1 aromatic carbocycles. The Hall–Kier alpha value is -3.03. The fourth-order valence-corrected chi connectivity index (χ4v) is 2.02. The highest BCUT2D eigenvalue weighted by molar-refractivity contribution is 5.50. The zero-order valence-corrected chi connectivity index (χ0v) is 11.3. The average Bonchev–Trinajstić information content (AvgIpc) is 2.86. The van der Waals surface area contributed by atoms with Crippen LogP contribution in [0.3, 0.4) is 0 Å². The summed E-state index contributed by atoms with van der Waals surface area (Å²) < 4.78 is 6.47. The maximum atomic E-state index is 11.5. The zero-order chi connectivity index (χ0) is 14.8. The third-order valence-electron chi connectivity index (χ3n) is 3.04. The molecule has 0 aliphatic carbocycles. The van der Waals surface area contributed by atoms with Crippen molar-refractivity contribution in [2.75, 3.05) is 18.2 Å². The smallest absolute Gasteiger partial charge is 0.364 e. The fraction of sp³-hybridized carbons (Fsp3) is 0.154. The van der Waals surface area contributed by atoms with Crippen LogP contribution in [0, 0.1) is 0 Å². The molecule has 0 bridgehead atoms. The van der Waals surface area contributed by atoms with E-state index in [4.69, 9.17) is 10.5 Å². The molecular formula is C13H14N6O2. The lowest BCUT2D eigenvalue weighted by molar-refractivity contribution is 0.410. The Morgan fingerprint density at radius 1 is 1.38 bits per heavy atom. The van der Waals surface area contributed by atoms with E-state index >= 15 is 0 Å². The van der Waals surface area contributed by atoms with Gasteiger partial charge in [0.1, 0.15) is 11.6 Å². The van der Waals surface area contributed by atoms with Gasteiger partial charge in [0.15, 0.2) is 5.65 Å². The first kappa shape index (κ1) is 13.0. The summed E-state index contributed by atoms with van der Waals surface area (Å²) in [4.78, 5) is 11.5. The minimum absolute atomic E-state index is 0.379. The van der Waals surface area contributed by atoms with Crippen molar-refractivity contribution < 1.29 is 4.74 Å². The van der Waals surface area contributed by atoms with Crippen molar-refractivity contribution in [3.63, 3.8) is 0 Å². The largest absolute Gasteiger partial charge is 0.496 e. The van der Waals surface area contributed by atoms with Gasteiger partial charge in [0.25, 0.3) is 0 Å². The molecule has 4 N–H and O–H groups in total. The summed E-state index contributed by atoms with van der Waals surface area (Å²) in [6, 6.07) is 8.85. The molecule has 0 spiro atoms. The molecule has 0 aliphatic heterocycles. The van der Waals surface area contributed by atoms with E-state index in [9.17, 15) is 4.79 Å². The van der Waals surface area contributed by atoms with Crippen LogP contribution in [0.2, 0.25) is 0 Å². The summed E-state index contributed by atoms with van der Waals surface area (Å²) in [6.07, 6.45) is 0. The van der Waals surface area contributed by atoms with Crippen LogP contribution >= 0.6 is 0 Å². The normalized spacial score (nSPS) is 10.7. The lowest BCUT2D eigenvalue weighted by Gasteiger charge is -2.10. The van der Waals surface area contributed by atoms with Crippen molar-refractivity contribution in [2.45, 2.75) is 6.54 Å². The number of methoxy groups -OCH3 is 1. The van der Waals surface area contributed by atoms with Gasteiger partial charge in [-0.05, 0) is 30.3 Å². The number of anilines is 2. The monoisotopic (exact) mass is 286 g/mol. The van der Waals surface area contributed by atoms with Crippen molar-refractivity contribution in [1.29, 1.82) is 0 Å². The highest BCUT2D eigenvalue weighted by Crippen LogP contribution is 2.21. The van der Waals surface area contributed by atoms with E-state index in [0.717, 1.165) is 11.3 Å². The van der Waals surface area contributed by atoms with E-state index in [1.807, 2.05) is 12.1 Å². The lowest BCUT2D eigenvalue weighted by atomic mass is 10.2. The number of nitrogens with zero attached hydrogens (tertiary/aromatic N) is 3. The number of aromatic amines is 1. The van der Waals surface area contributed by atoms with Gasteiger partial charge >= 0.3 is 5.69 Å². The molecule has 108 valence electrons. The van der Waals surface area contributed by atoms with Gasteiger partial charge in [0.05, 0.1) is 7.11 Å². The van der Waals surface area contributed by atoms with Crippen molar-refractivity contribution in [3.05, 3.63) is 46.4 Å². The summed E-state index contributed by atoms with van der Waals surface area (Å²) in [7, 11) is 1.60. The molecule has 21 heavy (non-hydrogen) atoms. The van der Waals surface area contributed by atoms with Gasteiger partial charge in [-0.15, -0.1) is 5.10 Å². The van der Waals surface area contributed by atoms with Crippen molar-refractivity contribution in [2.24, 2.45) is 0 Å². The van der Waals surface area contributed by atoms with E-state index in [0.29, 0.717) is 23.7 Å². The molecule has 0 saturated carbocycles. The first-order valence-electron chi connectivity index (χ1n) is 6.28. The van der Waals surface area contributed by atoms with Crippen LogP contribution in [-0.2, 0) is 6.54 Å². The summed E-state index contributed by atoms with van der Waals surface area (Å²) in [5.74, 6) is 1.29. The summed E-state index contributed by atoms with van der Waals surface area (Å²) in [5, 5.41) is 13.4. The van der Waals surface area contributed by atoms with Gasteiger partial charge in [-0.3, -0.25) is 0 Å². The third-order valence-corrected chi connectivity index (χ3v) is 3.04. The topological polar surface area (TPSA) is 110 Å². The Morgan fingerprint density at radius 3 is 3.05 bits per heavy atom. The van der Waals surface area contributed by atoms with E-state index in [1.165, 1.54) is 4.52 Å². The van der Waals surface area contributed by atoms with Crippen LogP contribution in [0.1, 0.15) is 5.56 Å². The highest BCUT2D eigenvalue weighted by Gasteiger charge is 2.06. The molecule has 0 aliphatic rings. The first-order valence-corrected chi connectivity index (χ1v) is 6.28. The van der Waals surface area contributed by atoms with Crippen LogP contribution in [0.5, 0.6) is 5.75 Å². The quantitative estimate of drug-likeness (QED) is 0.606. The van der Waals surface area contributed by atoms with Crippen LogP contribution in [0.4, 0.5) is 11.5 Å². The zero-order valence-electron chi connectivity index (χ0n) is 11.3. The summed E-state index contributed by atoms with van der Waals surface area (Å²) >= 11 is 0.